The van der Waals surface area contributed by atoms with Crippen molar-refractivity contribution in [3.8, 4) is 0 Å². The van der Waals surface area contributed by atoms with Crippen LogP contribution >= 0.6 is 23.5 Å². The monoisotopic (exact) mass is 430 g/mol. The molecule has 0 radical (unpaired) electrons. The summed E-state index contributed by atoms with van der Waals surface area (Å²) in [6, 6.07) is 14.4. The fourth-order valence-electron chi connectivity index (χ4n) is 2.59. The first kappa shape index (κ1) is 21.4. The standard InChI is InChI=1S/C21H23FN4OS2/c1-3-15-6-10-18(11-7-15)23-20(27)14-29-21-25-24-19(26(21)2)13-28-12-16-4-8-17(22)9-5-16/h4-11H,3,12-14H2,1-2H3,(H,23,27). The molecule has 1 amide bonds. The highest BCUT2D eigenvalue weighted by Crippen LogP contribution is 2.21. The second-order valence-corrected chi connectivity index (χ2v) is 8.39. The lowest BCUT2D eigenvalue weighted by molar-refractivity contribution is -0.113. The Hall–Kier alpha value is -2.32. The molecule has 0 fully saturated rings. The quantitative estimate of drug-likeness (QED) is 0.500. The molecule has 2 aromatic carbocycles. The molecule has 0 aliphatic rings. The van der Waals surface area contributed by atoms with Gasteiger partial charge in [0, 0.05) is 18.5 Å². The van der Waals surface area contributed by atoms with E-state index in [0.717, 1.165) is 29.2 Å². The molecule has 1 N–H and O–H groups in total. The van der Waals surface area contributed by atoms with Crippen LogP contribution in [0.25, 0.3) is 0 Å². The van der Waals surface area contributed by atoms with Crippen molar-refractivity contribution in [3.63, 3.8) is 0 Å². The molecule has 0 bridgehead atoms. The van der Waals surface area contributed by atoms with Crippen LogP contribution in [0.1, 0.15) is 23.9 Å². The van der Waals surface area contributed by atoms with Gasteiger partial charge in [0.1, 0.15) is 11.6 Å². The van der Waals surface area contributed by atoms with Crippen LogP contribution in [0.15, 0.2) is 53.7 Å². The van der Waals surface area contributed by atoms with Crippen LogP contribution < -0.4 is 5.32 Å². The van der Waals surface area contributed by atoms with Gasteiger partial charge >= 0.3 is 0 Å². The number of nitrogens with one attached hydrogen (secondary N) is 1. The highest BCUT2D eigenvalue weighted by Gasteiger charge is 2.12. The van der Waals surface area contributed by atoms with E-state index in [-0.39, 0.29) is 17.5 Å². The third-order valence-corrected chi connectivity index (χ3v) is 6.34. The molecule has 29 heavy (non-hydrogen) atoms. The average molecular weight is 431 g/mol. The molecule has 0 atom stereocenters. The Labute approximate surface area is 178 Å². The number of anilines is 1. The van der Waals surface area contributed by atoms with Crippen molar-refractivity contribution in [2.45, 2.75) is 30.0 Å². The Bertz CT molecular complexity index is 942. The number of thioether (sulfide) groups is 2. The maximum Gasteiger partial charge on any atom is 0.234 e. The number of benzene rings is 2. The van der Waals surface area contributed by atoms with Crippen LogP contribution in [0.2, 0.25) is 0 Å². The zero-order valence-electron chi connectivity index (χ0n) is 16.4. The summed E-state index contributed by atoms with van der Waals surface area (Å²) in [5, 5.41) is 12.0. The van der Waals surface area contributed by atoms with Crippen molar-refractivity contribution in [1.82, 2.24) is 14.8 Å². The normalized spacial score (nSPS) is 10.9. The van der Waals surface area contributed by atoms with Crippen molar-refractivity contribution in [3.05, 3.63) is 71.3 Å². The van der Waals surface area contributed by atoms with E-state index in [1.165, 1.54) is 29.5 Å². The lowest BCUT2D eigenvalue weighted by Crippen LogP contribution is -2.14. The fraction of sp³-hybridized carbons (Fsp3) is 0.286. The molecule has 0 saturated heterocycles. The molecule has 1 heterocycles. The van der Waals surface area contributed by atoms with Gasteiger partial charge in [0.25, 0.3) is 0 Å². The van der Waals surface area contributed by atoms with E-state index in [4.69, 9.17) is 0 Å². The molecule has 0 unspecified atom stereocenters. The highest BCUT2D eigenvalue weighted by atomic mass is 32.2. The molecule has 0 aliphatic carbocycles. The Morgan fingerprint density at radius 3 is 2.41 bits per heavy atom. The van der Waals surface area contributed by atoms with Crippen LogP contribution in [0.5, 0.6) is 0 Å². The number of carbonyl (C=O) groups is 1. The predicted octanol–water partition coefficient (Wildman–Crippen LogP) is 4.68. The van der Waals surface area contributed by atoms with Crippen molar-refractivity contribution in [2.75, 3.05) is 11.1 Å². The van der Waals surface area contributed by atoms with Crippen molar-refractivity contribution in [1.29, 1.82) is 0 Å². The van der Waals surface area contributed by atoms with Gasteiger partial charge in [-0.2, -0.15) is 0 Å². The van der Waals surface area contributed by atoms with Crippen molar-refractivity contribution in [2.24, 2.45) is 7.05 Å². The van der Waals surface area contributed by atoms with Crippen LogP contribution in [-0.4, -0.2) is 26.4 Å². The third-order valence-electron chi connectivity index (χ3n) is 4.32. The first-order chi connectivity index (χ1) is 14.0. The maximum absolute atomic E-state index is 13.0. The van der Waals surface area contributed by atoms with Crippen LogP contribution in [0.4, 0.5) is 10.1 Å². The number of aryl methyl sites for hydroxylation is 1. The molecule has 1 aromatic heterocycles. The minimum absolute atomic E-state index is 0.0746. The van der Waals surface area contributed by atoms with Gasteiger partial charge in [-0.15, -0.1) is 22.0 Å². The summed E-state index contributed by atoms with van der Waals surface area (Å²) < 4.78 is 14.9. The largest absolute Gasteiger partial charge is 0.325 e. The molecule has 5 nitrogen and oxygen atoms in total. The van der Waals surface area contributed by atoms with E-state index in [0.29, 0.717) is 10.9 Å². The number of nitrogens with zero attached hydrogens (tertiary/aromatic N) is 3. The highest BCUT2D eigenvalue weighted by molar-refractivity contribution is 7.99. The summed E-state index contributed by atoms with van der Waals surface area (Å²) in [4.78, 5) is 12.2. The number of carbonyl (C=O) groups excluding carboxylic acids is 1. The number of rotatable bonds is 9. The number of aromatic nitrogens is 3. The second-order valence-electron chi connectivity index (χ2n) is 6.46. The summed E-state index contributed by atoms with van der Waals surface area (Å²) >= 11 is 3.05. The molecule has 8 heteroatoms. The third kappa shape index (κ3) is 6.33. The zero-order valence-corrected chi connectivity index (χ0v) is 18.0. The van der Waals surface area contributed by atoms with Crippen LogP contribution in [0.3, 0.4) is 0 Å². The number of hydrogen-bond acceptors (Lipinski definition) is 5. The summed E-state index contributed by atoms with van der Waals surface area (Å²) in [6.45, 7) is 2.10. The topological polar surface area (TPSA) is 59.8 Å². The molecule has 3 aromatic rings. The van der Waals surface area contributed by atoms with E-state index in [9.17, 15) is 9.18 Å². The van der Waals surface area contributed by atoms with Gasteiger partial charge in [0.2, 0.25) is 5.91 Å². The van der Waals surface area contributed by atoms with E-state index in [2.05, 4.69) is 22.4 Å². The predicted molar refractivity (Wildman–Crippen MR) is 118 cm³/mol. The molecule has 0 spiro atoms. The first-order valence-electron chi connectivity index (χ1n) is 9.27. The minimum Gasteiger partial charge on any atom is -0.325 e. The fourth-order valence-corrected chi connectivity index (χ4v) is 4.28. The van der Waals surface area contributed by atoms with Gasteiger partial charge in [-0.25, -0.2) is 4.39 Å². The second kappa shape index (κ2) is 10.5. The van der Waals surface area contributed by atoms with E-state index < -0.39 is 0 Å². The van der Waals surface area contributed by atoms with E-state index in [1.54, 1.807) is 23.9 Å². The Morgan fingerprint density at radius 2 is 1.72 bits per heavy atom. The SMILES string of the molecule is CCc1ccc(NC(=O)CSc2nnc(CSCc3ccc(F)cc3)n2C)cc1. The van der Waals surface area contributed by atoms with Gasteiger partial charge < -0.3 is 9.88 Å². The Kier molecular flexibility index (Phi) is 7.71. The average Bonchev–Trinajstić information content (AvgIpc) is 3.08. The number of amides is 1. The number of hydrogen-bond donors (Lipinski definition) is 1. The van der Waals surface area contributed by atoms with Gasteiger partial charge in [0.15, 0.2) is 5.16 Å². The van der Waals surface area contributed by atoms with E-state index >= 15 is 0 Å². The molecular formula is C21H23FN4OS2. The zero-order chi connectivity index (χ0) is 20.6. The van der Waals surface area contributed by atoms with Crippen molar-refractivity contribution < 1.29 is 9.18 Å². The first-order valence-corrected chi connectivity index (χ1v) is 11.4. The number of halogens is 1. The molecule has 0 aliphatic heterocycles. The van der Waals surface area contributed by atoms with Gasteiger partial charge in [-0.1, -0.05) is 43.0 Å². The molecule has 152 valence electrons. The van der Waals surface area contributed by atoms with Crippen LogP contribution in [0, 0.1) is 5.82 Å². The summed E-state index contributed by atoms with van der Waals surface area (Å²) in [5.74, 6) is 2.27. The van der Waals surface area contributed by atoms with Gasteiger partial charge in [0.05, 0.1) is 11.5 Å². The molecule has 3 rings (SSSR count). The molecule has 0 saturated carbocycles. The summed E-state index contributed by atoms with van der Waals surface area (Å²) in [5.41, 5.74) is 3.10. The Balaban J connectivity index is 1.45. The Morgan fingerprint density at radius 1 is 1.03 bits per heavy atom. The van der Waals surface area contributed by atoms with E-state index in [1.807, 2.05) is 35.9 Å². The maximum atomic E-state index is 13.0. The van der Waals surface area contributed by atoms with Gasteiger partial charge in [-0.05, 0) is 41.8 Å². The lowest BCUT2D eigenvalue weighted by atomic mass is 10.1. The van der Waals surface area contributed by atoms with Gasteiger partial charge in [-0.3, -0.25) is 4.79 Å². The minimum atomic E-state index is -0.226. The summed E-state index contributed by atoms with van der Waals surface area (Å²) in [6.07, 6.45) is 0.973. The lowest BCUT2D eigenvalue weighted by Gasteiger charge is -2.06. The van der Waals surface area contributed by atoms with Crippen LogP contribution in [-0.2, 0) is 29.8 Å². The summed E-state index contributed by atoms with van der Waals surface area (Å²) in [7, 11) is 1.90. The van der Waals surface area contributed by atoms with Crippen molar-refractivity contribution >= 4 is 35.1 Å². The molecular weight excluding hydrogens is 407 g/mol. The smallest absolute Gasteiger partial charge is 0.234 e.